The molecule has 2 heterocycles. The molecule has 0 aliphatic heterocycles. The molecular weight excluding hydrogens is 665 g/mol. The van der Waals surface area contributed by atoms with Crippen molar-refractivity contribution in [2.75, 3.05) is 9.80 Å². The summed E-state index contributed by atoms with van der Waals surface area (Å²) in [5.41, 5.74) is 10.1. The normalized spacial score (nSPS) is 11.0. The maximum atomic E-state index is 6.25. The Hall–Kier alpha value is -7.44. The second-order valence-electron chi connectivity index (χ2n) is 12.7. The van der Waals surface area contributed by atoms with E-state index in [2.05, 4.69) is 165 Å². The van der Waals surface area contributed by atoms with Crippen molar-refractivity contribution in [2.45, 2.75) is 0 Å². The molecule has 7 aromatic carbocycles. The molecule has 0 spiro atoms. The van der Waals surface area contributed by atoms with Crippen LogP contribution in [0, 0.1) is 0 Å². The van der Waals surface area contributed by atoms with Crippen LogP contribution in [0.4, 0.5) is 34.1 Å². The van der Waals surface area contributed by atoms with Gasteiger partial charge < -0.3 is 18.6 Å². The molecule has 0 fully saturated rings. The summed E-state index contributed by atoms with van der Waals surface area (Å²) in [6.07, 6.45) is 3.55. The van der Waals surface area contributed by atoms with E-state index in [1.165, 1.54) is 0 Å². The fraction of sp³-hybridized carbons (Fsp3) is 0. The molecule has 9 rings (SSSR count). The van der Waals surface area contributed by atoms with Gasteiger partial charge in [-0.1, -0.05) is 72.8 Å². The van der Waals surface area contributed by atoms with E-state index in [-0.39, 0.29) is 0 Å². The monoisotopic (exact) mass is 698 g/mol. The summed E-state index contributed by atoms with van der Waals surface area (Å²) in [5, 5.41) is 0. The number of aromatic nitrogens is 2. The first-order valence-electron chi connectivity index (χ1n) is 17.8. The predicted molar refractivity (Wildman–Crippen MR) is 218 cm³/mol. The van der Waals surface area contributed by atoms with Crippen LogP contribution in [0.3, 0.4) is 0 Å². The summed E-state index contributed by atoms with van der Waals surface area (Å²) in [4.78, 5) is 13.7. The van der Waals surface area contributed by atoms with E-state index in [0.717, 1.165) is 56.4 Å². The molecule has 0 radical (unpaired) electrons. The Balaban J connectivity index is 0.904. The van der Waals surface area contributed by atoms with E-state index in [0.29, 0.717) is 23.3 Å². The maximum Gasteiger partial charge on any atom is 0.226 e. The molecule has 6 heteroatoms. The van der Waals surface area contributed by atoms with Crippen LogP contribution in [-0.4, -0.2) is 9.97 Å². The van der Waals surface area contributed by atoms with Gasteiger partial charge in [-0.3, -0.25) is 0 Å². The first-order valence-corrected chi connectivity index (χ1v) is 17.8. The van der Waals surface area contributed by atoms with Crippen molar-refractivity contribution in [1.82, 2.24) is 9.97 Å². The Morgan fingerprint density at radius 2 is 0.537 bits per heavy atom. The molecule has 0 unspecified atom stereocenters. The van der Waals surface area contributed by atoms with Crippen LogP contribution in [0.2, 0.25) is 0 Å². The molecule has 9 aromatic rings. The van der Waals surface area contributed by atoms with Crippen LogP contribution >= 0.6 is 0 Å². The lowest BCUT2D eigenvalue weighted by molar-refractivity contribution is 0.587. The zero-order valence-corrected chi connectivity index (χ0v) is 29.2. The fourth-order valence-electron chi connectivity index (χ4n) is 6.59. The van der Waals surface area contributed by atoms with Crippen molar-refractivity contribution >= 4 is 34.1 Å². The van der Waals surface area contributed by atoms with Gasteiger partial charge in [-0.2, -0.15) is 0 Å². The van der Waals surface area contributed by atoms with Crippen molar-refractivity contribution in [3.63, 3.8) is 0 Å². The SMILES string of the molecule is c1ccc(N(c2ccccc2)c2ccc(-c3cnc(-c4ccc(-c5ncc(-c6ccc(N(c7ccccc7)c7ccccc7)cc6)o5)cc4)o3)cc2)cc1. The van der Waals surface area contributed by atoms with Crippen LogP contribution in [0.25, 0.3) is 45.6 Å². The van der Waals surface area contributed by atoms with Gasteiger partial charge in [0.25, 0.3) is 0 Å². The van der Waals surface area contributed by atoms with E-state index in [9.17, 15) is 0 Å². The molecule has 258 valence electrons. The van der Waals surface area contributed by atoms with Crippen molar-refractivity contribution in [1.29, 1.82) is 0 Å². The molecule has 0 bridgehead atoms. The lowest BCUT2D eigenvalue weighted by Crippen LogP contribution is -2.09. The third-order valence-corrected chi connectivity index (χ3v) is 9.27. The molecule has 54 heavy (non-hydrogen) atoms. The van der Waals surface area contributed by atoms with E-state index in [4.69, 9.17) is 8.83 Å². The molecule has 0 saturated heterocycles. The standard InChI is InChI=1S/C48H34N4O2/c1-5-13-39(14-6-1)51(40-15-7-2-8-16-40)43-29-25-35(26-30-43)45-33-49-47(53-45)37-21-23-38(24-22-37)48-50-34-46(54-48)36-27-31-44(32-28-36)52(41-17-9-3-10-18-41)42-19-11-4-12-20-42/h1-34H. The quantitative estimate of drug-likeness (QED) is 0.142. The average Bonchev–Trinajstić information content (AvgIpc) is 3.95. The summed E-state index contributed by atoms with van der Waals surface area (Å²) >= 11 is 0. The van der Waals surface area contributed by atoms with Gasteiger partial charge in [0.2, 0.25) is 11.8 Å². The molecule has 6 nitrogen and oxygen atoms in total. The van der Waals surface area contributed by atoms with Crippen molar-refractivity contribution in [3.8, 4) is 45.6 Å². The summed E-state index contributed by atoms with van der Waals surface area (Å²) in [5.74, 6) is 2.49. The number of benzene rings is 7. The van der Waals surface area contributed by atoms with Crippen LogP contribution in [0.15, 0.2) is 215 Å². The largest absolute Gasteiger partial charge is 0.436 e. The second-order valence-corrected chi connectivity index (χ2v) is 12.7. The third kappa shape index (κ3) is 6.67. The number of hydrogen-bond donors (Lipinski definition) is 0. The zero-order valence-electron chi connectivity index (χ0n) is 29.2. The molecule has 0 atom stereocenters. The minimum Gasteiger partial charge on any atom is -0.436 e. The Morgan fingerprint density at radius 1 is 0.278 bits per heavy atom. The number of rotatable bonds is 10. The van der Waals surface area contributed by atoms with E-state index >= 15 is 0 Å². The Labute approximate surface area is 313 Å². The fourth-order valence-corrected chi connectivity index (χ4v) is 6.59. The van der Waals surface area contributed by atoms with Crippen molar-refractivity contribution in [3.05, 3.63) is 207 Å². The van der Waals surface area contributed by atoms with E-state index in [1.54, 1.807) is 12.4 Å². The number of hydrogen-bond acceptors (Lipinski definition) is 6. The molecule has 0 amide bonds. The first kappa shape index (κ1) is 32.5. The van der Waals surface area contributed by atoms with Crippen molar-refractivity contribution in [2.24, 2.45) is 0 Å². The Morgan fingerprint density at radius 3 is 0.833 bits per heavy atom. The summed E-state index contributed by atoms with van der Waals surface area (Å²) < 4.78 is 12.5. The smallest absolute Gasteiger partial charge is 0.226 e. The Bertz CT molecular complexity index is 2300. The summed E-state index contributed by atoms with van der Waals surface area (Å²) in [6.45, 7) is 0. The maximum absolute atomic E-state index is 6.25. The van der Waals surface area contributed by atoms with Crippen LogP contribution < -0.4 is 9.80 Å². The lowest BCUT2D eigenvalue weighted by Gasteiger charge is -2.25. The zero-order chi connectivity index (χ0) is 36.1. The number of para-hydroxylation sites is 4. The van der Waals surface area contributed by atoms with Gasteiger partial charge >= 0.3 is 0 Å². The minimum atomic E-state index is 0.545. The van der Waals surface area contributed by atoms with Gasteiger partial charge in [-0.25, -0.2) is 9.97 Å². The molecule has 2 aromatic heterocycles. The van der Waals surface area contributed by atoms with Crippen LogP contribution in [0.1, 0.15) is 0 Å². The van der Waals surface area contributed by atoms with Gasteiger partial charge in [0, 0.05) is 56.4 Å². The van der Waals surface area contributed by atoms with E-state index < -0.39 is 0 Å². The minimum absolute atomic E-state index is 0.545. The van der Waals surface area contributed by atoms with Gasteiger partial charge in [0.1, 0.15) is 0 Å². The van der Waals surface area contributed by atoms with Gasteiger partial charge in [-0.05, 0) is 121 Å². The number of nitrogens with zero attached hydrogens (tertiary/aromatic N) is 4. The molecule has 0 saturated carbocycles. The number of oxazole rings is 2. The summed E-state index contributed by atoms with van der Waals surface area (Å²) in [6, 6.07) is 66.0. The Kier molecular flexibility index (Phi) is 8.81. The van der Waals surface area contributed by atoms with Crippen molar-refractivity contribution < 1.29 is 8.83 Å². The second kappa shape index (κ2) is 14.7. The predicted octanol–water partition coefficient (Wildman–Crippen LogP) is 13.3. The molecule has 0 N–H and O–H groups in total. The van der Waals surface area contributed by atoms with Crippen LogP contribution in [-0.2, 0) is 0 Å². The van der Waals surface area contributed by atoms with Gasteiger partial charge in [0.15, 0.2) is 11.5 Å². The number of anilines is 6. The third-order valence-electron chi connectivity index (χ3n) is 9.27. The first-order chi connectivity index (χ1) is 26.8. The lowest BCUT2D eigenvalue weighted by atomic mass is 10.1. The molecule has 0 aliphatic carbocycles. The topological polar surface area (TPSA) is 58.5 Å². The van der Waals surface area contributed by atoms with Gasteiger partial charge in [0.05, 0.1) is 12.4 Å². The average molecular weight is 699 g/mol. The summed E-state index contributed by atoms with van der Waals surface area (Å²) in [7, 11) is 0. The van der Waals surface area contributed by atoms with E-state index in [1.807, 2.05) is 48.5 Å². The van der Waals surface area contributed by atoms with Gasteiger partial charge in [-0.15, -0.1) is 0 Å². The highest BCUT2D eigenvalue weighted by Gasteiger charge is 2.16. The van der Waals surface area contributed by atoms with Crippen LogP contribution in [0.5, 0.6) is 0 Å². The highest BCUT2D eigenvalue weighted by atomic mass is 16.4. The molecular formula is C48H34N4O2. The molecule has 0 aliphatic rings. The highest BCUT2D eigenvalue weighted by molar-refractivity contribution is 5.79. The highest BCUT2D eigenvalue weighted by Crippen LogP contribution is 2.38.